The lowest BCUT2D eigenvalue weighted by Crippen LogP contribution is -2.35. The zero-order chi connectivity index (χ0) is 12.1. The quantitative estimate of drug-likeness (QED) is 0.852. The Kier molecular flexibility index (Phi) is 5.26. The van der Waals surface area contributed by atoms with Crippen molar-refractivity contribution in [1.82, 2.24) is 10.2 Å². The van der Waals surface area contributed by atoms with Crippen LogP contribution in [0, 0.1) is 6.92 Å². The maximum absolute atomic E-state index is 5.92. The third kappa shape index (κ3) is 4.52. The Balaban J connectivity index is 2.48. The Morgan fingerprint density at radius 1 is 1.38 bits per heavy atom. The van der Waals surface area contributed by atoms with Gasteiger partial charge < -0.3 is 10.2 Å². The van der Waals surface area contributed by atoms with Gasteiger partial charge in [0, 0.05) is 24.2 Å². The predicted octanol–water partition coefficient (Wildman–Crippen LogP) is 2.69. The second-order valence-corrected chi connectivity index (χ2v) is 5.05. The summed E-state index contributed by atoms with van der Waals surface area (Å²) in [5.74, 6) is 0. The maximum Gasteiger partial charge on any atom is 0.0408 e. The molecule has 1 atom stereocenters. The van der Waals surface area contributed by atoms with Crippen LogP contribution in [0.15, 0.2) is 18.2 Å². The molecule has 0 aromatic heterocycles. The molecule has 16 heavy (non-hydrogen) atoms. The van der Waals surface area contributed by atoms with E-state index in [2.05, 4.69) is 44.2 Å². The van der Waals surface area contributed by atoms with Gasteiger partial charge in [0.15, 0.2) is 0 Å². The van der Waals surface area contributed by atoms with Crippen LogP contribution in [0.1, 0.15) is 18.1 Å². The first-order valence-electron chi connectivity index (χ1n) is 5.62. The smallest absolute Gasteiger partial charge is 0.0408 e. The summed E-state index contributed by atoms with van der Waals surface area (Å²) in [5, 5.41) is 4.31. The monoisotopic (exact) mass is 240 g/mol. The van der Waals surface area contributed by atoms with Crippen LogP contribution < -0.4 is 5.32 Å². The van der Waals surface area contributed by atoms with Crippen molar-refractivity contribution in [1.29, 1.82) is 0 Å². The molecule has 1 unspecified atom stereocenters. The van der Waals surface area contributed by atoms with E-state index in [9.17, 15) is 0 Å². The van der Waals surface area contributed by atoms with Gasteiger partial charge in [-0.05, 0) is 51.2 Å². The summed E-state index contributed by atoms with van der Waals surface area (Å²) in [6, 6.07) is 6.54. The number of benzene rings is 1. The summed E-state index contributed by atoms with van der Waals surface area (Å²) in [6.07, 6.45) is 0. The van der Waals surface area contributed by atoms with E-state index >= 15 is 0 Å². The highest BCUT2D eigenvalue weighted by molar-refractivity contribution is 6.30. The first-order chi connectivity index (χ1) is 7.49. The molecule has 0 spiro atoms. The number of rotatable bonds is 5. The van der Waals surface area contributed by atoms with Gasteiger partial charge in [0.05, 0.1) is 0 Å². The molecule has 1 N–H and O–H groups in total. The number of aryl methyl sites for hydroxylation is 1. The predicted molar refractivity (Wildman–Crippen MR) is 71.0 cm³/mol. The highest BCUT2D eigenvalue weighted by Crippen LogP contribution is 2.15. The second kappa shape index (κ2) is 6.24. The Bertz CT molecular complexity index is 337. The van der Waals surface area contributed by atoms with Crippen molar-refractivity contribution in [2.75, 3.05) is 20.6 Å². The van der Waals surface area contributed by atoms with E-state index in [0.717, 1.165) is 18.1 Å². The maximum atomic E-state index is 5.92. The zero-order valence-corrected chi connectivity index (χ0v) is 11.3. The topological polar surface area (TPSA) is 15.3 Å². The normalized spacial score (nSPS) is 13.1. The summed E-state index contributed by atoms with van der Waals surface area (Å²) in [5.41, 5.74) is 2.56. The van der Waals surface area contributed by atoms with Crippen LogP contribution in [0.3, 0.4) is 0 Å². The molecule has 1 rings (SSSR count). The Morgan fingerprint density at radius 3 is 2.62 bits per heavy atom. The summed E-state index contributed by atoms with van der Waals surface area (Å²) in [7, 11) is 4.18. The number of nitrogens with one attached hydrogen (secondary N) is 1. The van der Waals surface area contributed by atoms with E-state index in [4.69, 9.17) is 11.6 Å². The molecule has 0 aliphatic carbocycles. The molecule has 0 heterocycles. The fourth-order valence-corrected chi connectivity index (χ4v) is 1.98. The third-order valence-electron chi connectivity index (χ3n) is 2.58. The van der Waals surface area contributed by atoms with E-state index < -0.39 is 0 Å². The molecular weight excluding hydrogens is 220 g/mol. The lowest BCUT2D eigenvalue weighted by atomic mass is 10.1. The van der Waals surface area contributed by atoms with Crippen molar-refractivity contribution in [2.45, 2.75) is 26.4 Å². The van der Waals surface area contributed by atoms with Crippen molar-refractivity contribution < 1.29 is 0 Å². The molecule has 0 radical (unpaired) electrons. The van der Waals surface area contributed by atoms with Crippen molar-refractivity contribution in [3.8, 4) is 0 Å². The van der Waals surface area contributed by atoms with Gasteiger partial charge in [-0.1, -0.05) is 17.7 Å². The first kappa shape index (κ1) is 13.5. The van der Waals surface area contributed by atoms with Gasteiger partial charge in [-0.15, -0.1) is 0 Å². The molecule has 0 fully saturated rings. The molecule has 0 bridgehead atoms. The molecule has 2 nitrogen and oxygen atoms in total. The molecule has 1 aromatic rings. The number of halogens is 1. The van der Waals surface area contributed by atoms with Crippen LogP contribution in [-0.2, 0) is 6.54 Å². The van der Waals surface area contributed by atoms with Crippen molar-refractivity contribution in [3.05, 3.63) is 34.3 Å². The first-order valence-corrected chi connectivity index (χ1v) is 6.00. The minimum absolute atomic E-state index is 0.491. The average Bonchev–Trinajstić information content (AvgIpc) is 2.15. The molecule has 0 saturated heterocycles. The van der Waals surface area contributed by atoms with Crippen LogP contribution in [0.2, 0.25) is 5.02 Å². The lowest BCUT2D eigenvalue weighted by Gasteiger charge is -2.19. The molecular formula is C13H21ClN2. The van der Waals surface area contributed by atoms with Gasteiger partial charge in [0.25, 0.3) is 0 Å². The fraction of sp³-hybridized carbons (Fsp3) is 0.538. The van der Waals surface area contributed by atoms with Crippen LogP contribution in [0.25, 0.3) is 0 Å². The van der Waals surface area contributed by atoms with Gasteiger partial charge in [0.2, 0.25) is 0 Å². The summed E-state index contributed by atoms with van der Waals surface area (Å²) >= 11 is 5.92. The minimum atomic E-state index is 0.491. The Hall–Kier alpha value is -0.570. The van der Waals surface area contributed by atoms with Crippen LogP contribution in [0.5, 0.6) is 0 Å². The van der Waals surface area contributed by atoms with E-state index in [1.54, 1.807) is 0 Å². The third-order valence-corrected chi connectivity index (χ3v) is 2.82. The van der Waals surface area contributed by atoms with Crippen LogP contribution in [-0.4, -0.2) is 31.6 Å². The molecule has 90 valence electrons. The van der Waals surface area contributed by atoms with E-state index in [0.29, 0.717) is 6.04 Å². The highest BCUT2D eigenvalue weighted by atomic mass is 35.5. The fourth-order valence-electron chi connectivity index (χ4n) is 1.75. The molecule has 0 saturated carbocycles. The van der Waals surface area contributed by atoms with E-state index in [1.807, 2.05) is 12.1 Å². The number of hydrogen-bond acceptors (Lipinski definition) is 2. The zero-order valence-electron chi connectivity index (χ0n) is 10.5. The SMILES string of the molecule is Cc1cc(Cl)ccc1CNC(C)CN(C)C. The van der Waals surface area contributed by atoms with Gasteiger partial charge >= 0.3 is 0 Å². The standard InChI is InChI=1S/C13H21ClN2/c1-10-7-13(14)6-5-12(10)8-15-11(2)9-16(3)4/h5-7,11,15H,8-9H2,1-4H3. The minimum Gasteiger partial charge on any atom is -0.309 e. The summed E-state index contributed by atoms with van der Waals surface area (Å²) in [4.78, 5) is 2.19. The number of likely N-dealkylation sites (N-methyl/N-ethyl adjacent to an activating group) is 1. The van der Waals surface area contributed by atoms with Crippen LogP contribution >= 0.6 is 11.6 Å². The van der Waals surface area contributed by atoms with E-state index in [-0.39, 0.29) is 0 Å². The average molecular weight is 241 g/mol. The highest BCUT2D eigenvalue weighted by Gasteiger charge is 2.04. The summed E-state index contributed by atoms with van der Waals surface area (Å²) in [6.45, 7) is 6.25. The summed E-state index contributed by atoms with van der Waals surface area (Å²) < 4.78 is 0. The number of nitrogens with zero attached hydrogens (tertiary/aromatic N) is 1. The van der Waals surface area contributed by atoms with E-state index in [1.165, 1.54) is 11.1 Å². The van der Waals surface area contributed by atoms with Crippen molar-refractivity contribution >= 4 is 11.6 Å². The van der Waals surface area contributed by atoms with Gasteiger partial charge in [0.1, 0.15) is 0 Å². The Labute approximate surface area is 104 Å². The Morgan fingerprint density at radius 2 is 2.06 bits per heavy atom. The van der Waals surface area contributed by atoms with Gasteiger partial charge in [-0.25, -0.2) is 0 Å². The molecule has 3 heteroatoms. The molecule has 0 aliphatic rings. The second-order valence-electron chi connectivity index (χ2n) is 4.61. The van der Waals surface area contributed by atoms with Crippen molar-refractivity contribution in [2.24, 2.45) is 0 Å². The lowest BCUT2D eigenvalue weighted by molar-refractivity contribution is 0.349. The van der Waals surface area contributed by atoms with Gasteiger partial charge in [-0.3, -0.25) is 0 Å². The van der Waals surface area contributed by atoms with Gasteiger partial charge in [-0.2, -0.15) is 0 Å². The van der Waals surface area contributed by atoms with Crippen molar-refractivity contribution in [3.63, 3.8) is 0 Å². The largest absolute Gasteiger partial charge is 0.309 e. The number of hydrogen-bond donors (Lipinski definition) is 1. The molecule has 0 amide bonds. The molecule has 1 aromatic carbocycles. The van der Waals surface area contributed by atoms with Crippen LogP contribution in [0.4, 0.5) is 0 Å². The molecule has 0 aliphatic heterocycles.